The Morgan fingerprint density at radius 3 is 2.93 bits per heavy atom. The first-order valence-electron chi connectivity index (χ1n) is 9.18. The third-order valence-corrected chi connectivity index (χ3v) is 6.63. The van der Waals surface area contributed by atoms with E-state index < -0.39 is 0 Å². The van der Waals surface area contributed by atoms with E-state index in [1.807, 2.05) is 28.5 Å². The van der Waals surface area contributed by atoms with Gasteiger partial charge in [0.05, 0.1) is 17.5 Å². The van der Waals surface area contributed by atoms with Gasteiger partial charge in [-0.15, -0.1) is 23.1 Å². The van der Waals surface area contributed by atoms with Gasteiger partial charge in [0, 0.05) is 43.0 Å². The second-order valence-electron chi connectivity index (χ2n) is 6.91. The van der Waals surface area contributed by atoms with Crippen LogP contribution in [0.25, 0.3) is 4.96 Å². The van der Waals surface area contributed by atoms with Gasteiger partial charge in [-0.05, 0) is 12.6 Å². The molecule has 1 saturated heterocycles. The standard InChI is InChI=1S/C20H22N4O2S2/c1-22-7-8-23(17(12-22)15-5-3-2-4-6-15)19(26)14-27-13-16-11-18(25)24-9-10-28-20(24)21-16/h2-6,9-11,17H,7-8,12-14H2,1H3. The minimum atomic E-state index is -0.0728. The molecule has 1 aliphatic rings. The van der Waals surface area contributed by atoms with Crippen LogP contribution >= 0.6 is 23.1 Å². The van der Waals surface area contributed by atoms with Crippen LogP contribution in [0, 0.1) is 0 Å². The van der Waals surface area contributed by atoms with Crippen LogP contribution < -0.4 is 5.56 Å². The summed E-state index contributed by atoms with van der Waals surface area (Å²) in [6.45, 7) is 2.46. The van der Waals surface area contributed by atoms with E-state index in [1.165, 1.54) is 28.7 Å². The van der Waals surface area contributed by atoms with Crippen molar-refractivity contribution in [2.24, 2.45) is 0 Å². The number of likely N-dealkylation sites (N-methyl/N-ethyl adjacent to an activating group) is 1. The number of carbonyl (C=O) groups excluding carboxylic acids is 1. The Balaban J connectivity index is 1.41. The maximum Gasteiger partial charge on any atom is 0.258 e. The Labute approximate surface area is 171 Å². The predicted molar refractivity (Wildman–Crippen MR) is 114 cm³/mol. The Morgan fingerprint density at radius 1 is 1.29 bits per heavy atom. The highest BCUT2D eigenvalue weighted by atomic mass is 32.2. The zero-order valence-electron chi connectivity index (χ0n) is 15.7. The van der Waals surface area contributed by atoms with E-state index in [0.717, 1.165) is 25.3 Å². The van der Waals surface area contributed by atoms with Gasteiger partial charge in [-0.2, -0.15) is 0 Å². The first-order valence-corrected chi connectivity index (χ1v) is 11.2. The monoisotopic (exact) mass is 414 g/mol. The van der Waals surface area contributed by atoms with E-state index in [2.05, 4.69) is 29.1 Å². The van der Waals surface area contributed by atoms with Gasteiger partial charge >= 0.3 is 0 Å². The van der Waals surface area contributed by atoms with Gasteiger partial charge in [0.25, 0.3) is 5.56 Å². The number of benzene rings is 1. The highest BCUT2D eigenvalue weighted by Crippen LogP contribution is 2.26. The Kier molecular flexibility index (Phi) is 5.79. The van der Waals surface area contributed by atoms with Gasteiger partial charge < -0.3 is 9.80 Å². The minimum absolute atomic E-state index is 0.0728. The average Bonchev–Trinajstić information content (AvgIpc) is 3.18. The van der Waals surface area contributed by atoms with Crippen LogP contribution in [0.1, 0.15) is 17.3 Å². The van der Waals surface area contributed by atoms with Crippen molar-refractivity contribution < 1.29 is 4.79 Å². The molecule has 0 radical (unpaired) electrons. The average molecular weight is 415 g/mol. The lowest BCUT2D eigenvalue weighted by Crippen LogP contribution is -2.49. The number of rotatable bonds is 5. The number of nitrogens with zero attached hydrogens (tertiary/aromatic N) is 4. The molecule has 8 heteroatoms. The molecular formula is C20H22N4O2S2. The maximum absolute atomic E-state index is 12.9. The minimum Gasteiger partial charge on any atom is -0.332 e. The normalized spacial score (nSPS) is 17.9. The second-order valence-corrected chi connectivity index (χ2v) is 8.77. The third-order valence-electron chi connectivity index (χ3n) is 4.92. The largest absolute Gasteiger partial charge is 0.332 e. The lowest BCUT2D eigenvalue weighted by atomic mass is 10.0. The number of piperazine rings is 1. The molecule has 28 heavy (non-hydrogen) atoms. The molecule has 3 aromatic rings. The first-order chi connectivity index (χ1) is 13.6. The molecular weight excluding hydrogens is 392 g/mol. The number of hydrogen-bond donors (Lipinski definition) is 0. The maximum atomic E-state index is 12.9. The van der Waals surface area contributed by atoms with E-state index in [4.69, 9.17) is 0 Å². The fraction of sp³-hybridized carbons (Fsp3) is 0.350. The van der Waals surface area contributed by atoms with Crippen LogP contribution in [0.3, 0.4) is 0 Å². The molecule has 1 aromatic carbocycles. The molecule has 0 saturated carbocycles. The molecule has 1 fully saturated rings. The first kappa shape index (κ1) is 19.2. The summed E-state index contributed by atoms with van der Waals surface area (Å²) in [6, 6.07) is 11.9. The molecule has 1 atom stereocenters. The summed E-state index contributed by atoms with van der Waals surface area (Å²) < 4.78 is 1.54. The molecule has 6 nitrogen and oxygen atoms in total. The second kappa shape index (κ2) is 8.46. The molecule has 2 aromatic heterocycles. The van der Waals surface area contributed by atoms with E-state index in [0.29, 0.717) is 16.5 Å². The predicted octanol–water partition coefficient (Wildman–Crippen LogP) is 2.50. The van der Waals surface area contributed by atoms with E-state index in [-0.39, 0.29) is 17.5 Å². The van der Waals surface area contributed by atoms with Crippen LogP contribution in [-0.4, -0.2) is 57.5 Å². The van der Waals surface area contributed by atoms with Gasteiger partial charge in [-0.25, -0.2) is 4.98 Å². The summed E-state index contributed by atoms with van der Waals surface area (Å²) in [5, 5.41) is 1.85. The number of aromatic nitrogens is 2. The Morgan fingerprint density at radius 2 is 2.11 bits per heavy atom. The molecule has 3 heterocycles. The van der Waals surface area contributed by atoms with E-state index >= 15 is 0 Å². The number of hydrogen-bond acceptors (Lipinski definition) is 6. The fourth-order valence-electron chi connectivity index (χ4n) is 3.47. The molecule has 1 aliphatic heterocycles. The smallest absolute Gasteiger partial charge is 0.258 e. The molecule has 0 N–H and O–H groups in total. The molecule has 1 unspecified atom stereocenters. The third kappa shape index (κ3) is 4.14. The number of amides is 1. The SMILES string of the molecule is CN1CCN(C(=O)CSCc2cc(=O)n3ccsc3n2)C(c2ccccc2)C1. The van der Waals surface area contributed by atoms with E-state index in [9.17, 15) is 9.59 Å². The summed E-state index contributed by atoms with van der Waals surface area (Å²) in [6.07, 6.45) is 1.73. The summed E-state index contributed by atoms with van der Waals surface area (Å²) in [5.41, 5.74) is 1.82. The zero-order valence-corrected chi connectivity index (χ0v) is 17.3. The Hall–Kier alpha value is -2.16. The lowest BCUT2D eigenvalue weighted by Gasteiger charge is -2.40. The van der Waals surface area contributed by atoms with Crippen LogP contribution in [0.5, 0.6) is 0 Å². The van der Waals surface area contributed by atoms with Crippen molar-refractivity contribution in [3.05, 3.63) is 69.6 Å². The number of thioether (sulfide) groups is 1. The summed E-state index contributed by atoms with van der Waals surface area (Å²) in [5.74, 6) is 1.08. The molecule has 0 spiro atoms. The summed E-state index contributed by atoms with van der Waals surface area (Å²) in [7, 11) is 2.09. The van der Waals surface area contributed by atoms with Crippen molar-refractivity contribution in [3.63, 3.8) is 0 Å². The van der Waals surface area contributed by atoms with Gasteiger partial charge in [0.1, 0.15) is 0 Å². The van der Waals surface area contributed by atoms with Crippen molar-refractivity contribution in [3.8, 4) is 0 Å². The topological polar surface area (TPSA) is 57.9 Å². The van der Waals surface area contributed by atoms with Gasteiger partial charge in [-0.3, -0.25) is 14.0 Å². The molecule has 0 aliphatic carbocycles. The van der Waals surface area contributed by atoms with Crippen molar-refractivity contribution in [2.45, 2.75) is 11.8 Å². The molecule has 0 bridgehead atoms. The number of thiazole rings is 1. The summed E-state index contributed by atoms with van der Waals surface area (Å²) >= 11 is 2.95. The van der Waals surface area contributed by atoms with Crippen LogP contribution in [0.15, 0.2) is 52.8 Å². The van der Waals surface area contributed by atoms with Crippen molar-refractivity contribution in [2.75, 3.05) is 32.4 Å². The lowest BCUT2D eigenvalue weighted by molar-refractivity contribution is -0.133. The van der Waals surface area contributed by atoms with Gasteiger partial charge in [0.2, 0.25) is 5.91 Å². The fourth-order valence-corrected chi connectivity index (χ4v) is 5.00. The van der Waals surface area contributed by atoms with Crippen LogP contribution in [0.2, 0.25) is 0 Å². The van der Waals surface area contributed by atoms with Crippen LogP contribution in [-0.2, 0) is 10.5 Å². The highest BCUT2D eigenvalue weighted by molar-refractivity contribution is 7.99. The van der Waals surface area contributed by atoms with Crippen molar-refractivity contribution in [1.82, 2.24) is 19.2 Å². The number of fused-ring (bicyclic) bond motifs is 1. The molecule has 1 amide bonds. The summed E-state index contributed by atoms with van der Waals surface area (Å²) in [4.78, 5) is 34.5. The Bertz CT molecular complexity index is 1020. The van der Waals surface area contributed by atoms with Crippen LogP contribution in [0.4, 0.5) is 0 Å². The molecule has 146 valence electrons. The highest BCUT2D eigenvalue weighted by Gasteiger charge is 2.29. The zero-order chi connectivity index (χ0) is 19.5. The molecule has 4 rings (SSSR count). The van der Waals surface area contributed by atoms with Crippen molar-refractivity contribution in [1.29, 1.82) is 0 Å². The quantitative estimate of drug-likeness (QED) is 0.642. The van der Waals surface area contributed by atoms with Gasteiger partial charge in [-0.1, -0.05) is 30.3 Å². The number of carbonyl (C=O) groups is 1. The van der Waals surface area contributed by atoms with Gasteiger partial charge in [0.15, 0.2) is 4.96 Å². The van der Waals surface area contributed by atoms with Crippen molar-refractivity contribution >= 4 is 34.0 Å². The van der Waals surface area contributed by atoms with E-state index in [1.54, 1.807) is 16.7 Å².